The van der Waals surface area contributed by atoms with Gasteiger partial charge in [0.25, 0.3) is 5.91 Å². The fourth-order valence-corrected chi connectivity index (χ4v) is 2.34. The molecule has 1 saturated heterocycles. The second-order valence-corrected chi connectivity index (χ2v) is 5.12. The molecular formula is C15H23ClN2O3. The molecule has 1 aliphatic heterocycles. The Morgan fingerprint density at radius 3 is 2.57 bits per heavy atom. The monoisotopic (exact) mass is 314 g/mol. The van der Waals surface area contributed by atoms with E-state index in [0.717, 1.165) is 13.1 Å². The van der Waals surface area contributed by atoms with E-state index in [0.29, 0.717) is 12.1 Å². The summed E-state index contributed by atoms with van der Waals surface area (Å²) in [4.78, 5) is 19.0. The highest BCUT2D eigenvalue weighted by Gasteiger charge is 2.15. The normalized spacial score (nSPS) is 16.8. The van der Waals surface area contributed by atoms with Gasteiger partial charge in [-0.3, -0.25) is 9.63 Å². The number of nitrogens with zero attached hydrogens (tertiary/aromatic N) is 1. The van der Waals surface area contributed by atoms with Gasteiger partial charge in [-0.15, -0.1) is 12.4 Å². The lowest BCUT2D eigenvalue weighted by molar-refractivity contribution is -0.0242. The molecule has 1 amide bonds. The Morgan fingerprint density at radius 2 is 1.90 bits per heavy atom. The number of β-amino-alcohol motifs (C(OH)–C–C–N with tert-alkyl or cyclic N) is 1. The molecule has 1 aliphatic rings. The lowest BCUT2D eigenvalue weighted by Gasteiger charge is -2.28. The maximum atomic E-state index is 11.7. The van der Waals surface area contributed by atoms with Crippen LogP contribution in [0.2, 0.25) is 0 Å². The number of hydrogen-bond donors (Lipinski definition) is 2. The topological polar surface area (TPSA) is 61.8 Å². The summed E-state index contributed by atoms with van der Waals surface area (Å²) in [6, 6.07) is 8.85. The van der Waals surface area contributed by atoms with Crippen LogP contribution in [0.15, 0.2) is 30.3 Å². The molecule has 1 aromatic rings. The number of amides is 1. The molecule has 1 fully saturated rings. The van der Waals surface area contributed by atoms with Gasteiger partial charge in [0, 0.05) is 12.1 Å². The number of nitrogens with one attached hydrogen (secondary N) is 1. The smallest absolute Gasteiger partial charge is 0.274 e. The minimum Gasteiger partial charge on any atom is -0.389 e. The first-order valence-electron chi connectivity index (χ1n) is 7.13. The molecule has 0 bridgehead atoms. The third-order valence-corrected chi connectivity index (χ3v) is 3.39. The second kappa shape index (κ2) is 9.73. The third-order valence-electron chi connectivity index (χ3n) is 3.39. The zero-order chi connectivity index (χ0) is 14.2. The Kier molecular flexibility index (Phi) is 8.30. The van der Waals surface area contributed by atoms with Crippen molar-refractivity contribution in [3.05, 3.63) is 35.9 Å². The molecule has 6 heteroatoms. The molecule has 1 atom stereocenters. The van der Waals surface area contributed by atoms with Gasteiger partial charge in [-0.2, -0.15) is 0 Å². The molecule has 2 N–H and O–H groups in total. The summed E-state index contributed by atoms with van der Waals surface area (Å²) in [5, 5.41) is 9.87. The SMILES string of the molecule is Cl.O=C(NOCC(O)CN1CCCCC1)c1ccccc1. The van der Waals surface area contributed by atoms with Crippen LogP contribution < -0.4 is 5.48 Å². The van der Waals surface area contributed by atoms with Gasteiger partial charge < -0.3 is 10.0 Å². The molecule has 0 aromatic heterocycles. The predicted molar refractivity (Wildman–Crippen MR) is 83.4 cm³/mol. The van der Waals surface area contributed by atoms with Crippen molar-refractivity contribution in [3.8, 4) is 0 Å². The molecule has 1 heterocycles. The minimum atomic E-state index is -0.579. The largest absolute Gasteiger partial charge is 0.389 e. The van der Waals surface area contributed by atoms with Crippen molar-refractivity contribution in [2.45, 2.75) is 25.4 Å². The fourth-order valence-electron chi connectivity index (χ4n) is 2.34. The van der Waals surface area contributed by atoms with Crippen LogP contribution in [-0.2, 0) is 4.84 Å². The van der Waals surface area contributed by atoms with E-state index >= 15 is 0 Å². The summed E-state index contributed by atoms with van der Waals surface area (Å²) in [5.74, 6) is -0.296. The molecule has 1 aromatic carbocycles. The summed E-state index contributed by atoms with van der Waals surface area (Å²) in [5.41, 5.74) is 2.89. The lowest BCUT2D eigenvalue weighted by Crippen LogP contribution is -2.39. The minimum absolute atomic E-state index is 0. The average molecular weight is 315 g/mol. The van der Waals surface area contributed by atoms with Crippen LogP contribution in [0.1, 0.15) is 29.6 Å². The van der Waals surface area contributed by atoms with Gasteiger partial charge in [0.1, 0.15) is 6.61 Å². The van der Waals surface area contributed by atoms with Crippen molar-refractivity contribution in [2.75, 3.05) is 26.2 Å². The number of hydrogen-bond acceptors (Lipinski definition) is 4. The number of rotatable bonds is 6. The van der Waals surface area contributed by atoms with E-state index < -0.39 is 6.10 Å². The first-order valence-corrected chi connectivity index (χ1v) is 7.13. The van der Waals surface area contributed by atoms with Crippen molar-refractivity contribution in [2.24, 2.45) is 0 Å². The van der Waals surface area contributed by atoms with Crippen LogP contribution in [0.5, 0.6) is 0 Å². The zero-order valence-electron chi connectivity index (χ0n) is 12.0. The molecule has 0 aliphatic carbocycles. The third kappa shape index (κ3) is 6.44. The van der Waals surface area contributed by atoms with Crippen molar-refractivity contribution in [1.82, 2.24) is 10.4 Å². The molecular weight excluding hydrogens is 292 g/mol. The van der Waals surface area contributed by atoms with Gasteiger partial charge >= 0.3 is 0 Å². The Morgan fingerprint density at radius 1 is 1.24 bits per heavy atom. The molecule has 0 saturated carbocycles. The number of carbonyl (C=O) groups is 1. The van der Waals surface area contributed by atoms with E-state index in [1.807, 2.05) is 6.07 Å². The lowest BCUT2D eigenvalue weighted by atomic mass is 10.1. The molecule has 5 nitrogen and oxygen atoms in total. The number of piperidine rings is 1. The van der Waals surface area contributed by atoms with E-state index in [-0.39, 0.29) is 24.9 Å². The van der Waals surface area contributed by atoms with Crippen LogP contribution in [0.25, 0.3) is 0 Å². The Balaban J connectivity index is 0.00000220. The highest BCUT2D eigenvalue weighted by atomic mass is 35.5. The van der Waals surface area contributed by atoms with E-state index in [1.54, 1.807) is 24.3 Å². The van der Waals surface area contributed by atoms with Crippen molar-refractivity contribution >= 4 is 18.3 Å². The van der Waals surface area contributed by atoms with E-state index in [2.05, 4.69) is 10.4 Å². The first-order chi connectivity index (χ1) is 9.75. The highest BCUT2D eigenvalue weighted by Crippen LogP contribution is 2.08. The fraction of sp³-hybridized carbons (Fsp3) is 0.533. The van der Waals surface area contributed by atoms with E-state index in [1.165, 1.54) is 19.3 Å². The van der Waals surface area contributed by atoms with Crippen LogP contribution >= 0.6 is 12.4 Å². The van der Waals surface area contributed by atoms with Crippen LogP contribution in [-0.4, -0.2) is 48.3 Å². The summed E-state index contributed by atoms with van der Waals surface area (Å²) >= 11 is 0. The number of aliphatic hydroxyl groups is 1. The zero-order valence-corrected chi connectivity index (χ0v) is 12.8. The maximum Gasteiger partial charge on any atom is 0.274 e. The number of benzene rings is 1. The van der Waals surface area contributed by atoms with Gasteiger partial charge in [0.05, 0.1) is 6.10 Å². The van der Waals surface area contributed by atoms with Crippen molar-refractivity contribution in [1.29, 1.82) is 0 Å². The molecule has 21 heavy (non-hydrogen) atoms. The summed E-state index contributed by atoms with van der Waals surface area (Å²) in [7, 11) is 0. The number of carbonyl (C=O) groups excluding carboxylic acids is 1. The van der Waals surface area contributed by atoms with Gasteiger partial charge in [0.15, 0.2) is 0 Å². The summed E-state index contributed by atoms with van der Waals surface area (Å²) < 4.78 is 0. The molecule has 0 radical (unpaired) electrons. The van der Waals surface area contributed by atoms with Crippen molar-refractivity contribution < 1.29 is 14.7 Å². The average Bonchev–Trinajstić information content (AvgIpc) is 2.49. The summed E-state index contributed by atoms with van der Waals surface area (Å²) in [6.07, 6.45) is 3.08. The number of aliphatic hydroxyl groups excluding tert-OH is 1. The Labute approximate surface area is 131 Å². The van der Waals surface area contributed by atoms with Crippen molar-refractivity contribution in [3.63, 3.8) is 0 Å². The summed E-state index contributed by atoms with van der Waals surface area (Å²) in [6.45, 7) is 2.77. The number of halogens is 1. The van der Waals surface area contributed by atoms with Gasteiger partial charge in [-0.05, 0) is 38.1 Å². The van der Waals surface area contributed by atoms with Gasteiger partial charge in [-0.25, -0.2) is 5.48 Å². The Hall–Kier alpha value is -1.14. The molecule has 118 valence electrons. The highest BCUT2D eigenvalue weighted by molar-refractivity contribution is 5.93. The molecule has 0 spiro atoms. The van der Waals surface area contributed by atoms with E-state index in [9.17, 15) is 9.90 Å². The molecule has 1 unspecified atom stereocenters. The van der Waals surface area contributed by atoms with Crippen LogP contribution in [0.3, 0.4) is 0 Å². The maximum absolute atomic E-state index is 11.7. The van der Waals surface area contributed by atoms with Crippen LogP contribution in [0, 0.1) is 0 Å². The van der Waals surface area contributed by atoms with Gasteiger partial charge in [0.2, 0.25) is 0 Å². The number of hydroxylamine groups is 1. The van der Waals surface area contributed by atoms with E-state index in [4.69, 9.17) is 4.84 Å². The second-order valence-electron chi connectivity index (χ2n) is 5.12. The number of likely N-dealkylation sites (tertiary alicyclic amines) is 1. The predicted octanol–water partition coefficient (Wildman–Crippen LogP) is 1.62. The Bertz CT molecular complexity index is 411. The standard InChI is InChI=1S/C15H22N2O3.ClH/c18-14(11-17-9-5-2-6-10-17)12-20-16-15(19)13-7-3-1-4-8-13;/h1,3-4,7-8,14,18H,2,5-6,9-12H2,(H,16,19);1H. The van der Waals surface area contributed by atoms with Gasteiger partial charge in [-0.1, -0.05) is 24.6 Å². The quantitative estimate of drug-likeness (QED) is 0.783. The molecule has 2 rings (SSSR count). The first kappa shape index (κ1) is 17.9. The van der Waals surface area contributed by atoms with Crippen LogP contribution in [0.4, 0.5) is 0 Å².